The molecule has 20 heavy (non-hydrogen) atoms. The van der Waals surface area contributed by atoms with Crippen LogP contribution in [0.3, 0.4) is 0 Å². The van der Waals surface area contributed by atoms with Crippen molar-refractivity contribution >= 4 is 6.08 Å². The molecule has 0 aromatic heterocycles. The summed E-state index contributed by atoms with van der Waals surface area (Å²) in [5.41, 5.74) is 3.18. The minimum Gasteiger partial charge on any atom is -0.508 e. The number of aromatic hydroxyl groups is 1. The highest BCUT2D eigenvalue weighted by molar-refractivity contribution is 5.54. The van der Waals surface area contributed by atoms with Crippen molar-refractivity contribution in [1.29, 1.82) is 0 Å². The molecule has 0 radical (unpaired) electrons. The molecule has 0 saturated heterocycles. The first-order chi connectivity index (χ1) is 9.74. The lowest BCUT2D eigenvalue weighted by Crippen LogP contribution is -1.92. The minimum absolute atomic E-state index is 0.143. The van der Waals surface area contributed by atoms with E-state index in [1.165, 1.54) is 0 Å². The number of benzene rings is 2. The van der Waals surface area contributed by atoms with Crippen LogP contribution in [-0.4, -0.2) is 11.7 Å². The van der Waals surface area contributed by atoms with E-state index in [1.54, 1.807) is 0 Å². The maximum atomic E-state index is 10.2. The summed E-state index contributed by atoms with van der Waals surface area (Å²) in [6, 6.07) is 14.0. The zero-order valence-electron chi connectivity index (χ0n) is 11.5. The summed E-state index contributed by atoms with van der Waals surface area (Å²) < 4.78 is 5.57. The predicted molar refractivity (Wildman–Crippen MR) is 81.2 cm³/mol. The largest absolute Gasteiger partial charge is 0.508 e. The van der Waals surface area contributed by atoms with Gasteiger partial charge in [-0.25, -0.2) is 0 Å². The first-order valence-corrected chi connectivity index (χ1v) is 6.96. The molecule has 3 rings (SSSR count). The van der Waals surface area contributed by atoms with Gasteiger partial charge in [-0.15, -0.1) is 0 Å². The van der Waals surface area contributed by atoms with Gasteiger partial charge in [0.05, 0.1) is 6.61 Å². The number of hydrogen-bond acceptors (Lipinski definition) is 2. The molecule has 1 heterocycles. The summed E-state index contributed by atoms with van der Waals surface area (Å²) in [6.07, 6.45) is 5.07. The molecule has 0 saturated carbocycles. The molecule has 2 aromatic carbocycles. The average Bonchev–Trinajstić information content (AvgIpc) is 2.92. The van der Waals surface area contributed by atoms with Gasteiger partial charge in [0.1, 0.15) is 11.5 Å². The van der Waals surface area contributed by atoms with E-state index in [1.807, 2.05) is 30.3 Å². The van der Waals surface area contributed by atoms with E-state index >= 15 is 0 Å². The van der Waals surface area contributed by atoms with Crippen molar-refractivity contribution in [3.63, 3.8) is 0 Å². The van der Waals surface area contributed by atoms with E-state index in [9.17, 15) is 5.11 Å². The fourth-order valence-electron chi connectivity index (χ4n) is 2.52. The summed E-state index contributed by atoms with van der Waals surface area (Å²) in [6.45, 7) is 2.79. The van der Waals surface area contributed by atoms with Crippen molar-refractivity contribution < 1.29 is 9.84 Å². The molecular weight excluding hydrogens is 248 g/mol. The molecule has 0 spiro atoms. The molecule has 0 bridgehead atoms. The van der Waals surface area contributed by atoms with Gasteiger partial charge in [-0.3, -0.25) is 0 Å². The number of phenolic OH excluding ortho intramolecular Hbond substituents is 1. The highest BCUT2D eigenvalue weighted by Gasteiger charge is 2.17. The van der Waals surface area contributed by atoms with Gasteiger partial charge in [-0.1, -0.05) is 49.4 Å². The number of phenols is 1. The molecule has 2 nitrogen and oxygen atoms in total. The zero-order chi connectivity index (χ0) is 13.9. The lowest BCUT2D eigenvalue weighted by Gasteiger charge is -2.11. The smallest absolute Gasteiger partial charge is 0.123 e. The Hall–Kier alpha value is -2.22. The van der Waals surface area contributed by atoms with Crippen LogP contribution in [0.25, 0.3) is 6.08 Å². The second kappa shape index (κ2) is 5.41. The molecule has 0 fully saturated rings. The molecule has 2 aromatic rings. The second-order valence-electron chi connectivity index (χ2n) is 5.18. The molecule has 1 aliphatic heterocycles. The SMILES string of the molecule is CC(C=Cc1ccccc1)c1cc2c(cc1O)CCO2. The van der Waals surface area contributed by atoms with Crippen LogP contribution in [0.15, 0.2) is 48.5 Å². The lowest BCUT2D eigenvalue weighted by atomic mass is 9.96. The standard InChI is InChI=1S/C18H18O2/c1-13(7-8-14-5-3-2-4-6-14)16-12-18-15(9-10-20-18)11-17(16)19/h2-8,11-13,19H,9-10H2,1H3. The number of rotatable bonds is 3. The Morgan fingerprint density at radius 2 is 2.00 bits per heavy atom. The summed E-state index contributed by atoms with van der Waals surface area (Å²) in [7, 11) is 0. The van der Waals surface area contributed by atoms with Crippen LogP contribution < -0.4 is 4.74 Å². The molecule has 2 heteroatoms. The first kappa shape index (κ1) is 12.8. The Bertz CT molecular complexity index is 629. The maximum Gasteiger partial charge on any atom is 0.123 e. The number of fused-ring (bicyclic) bond motifs is 1. The van der Waals surface area contributed by atoms with Gasteiger partial charge in [0.15, 0.2) is 0 Å². The van der Waals surface area contributed by atoms with Gasteiger partial charge in [0.2, 0.25) is 0 Å². The van der Waals surface area contributed by atoms with E-state index in [0.29, 0.717) is 12.4 Å². The molecule has 1 atom stereocenters. The first-order valence-electron chi connectivity index (χ1n) is 6.96. The van der Waals surface area contributed by atoms with Crippen molar-refractivity contribution in [2.45, 2.75) is 19.3 Å². The van der Waals surface area contributed by atoms with Crippen molar-refractivity contribution in [2.75, 3.05) is 6.61 Å². The van der Waals surface area contributed by atoms with Crippen molar-refractivity contribution in [2.24, 2.45) is 0 Å². The predicted octanol–water partition coefficient (Wildman–Crippen LogP) is 4.14. The fourth-order valence-corrected chi connectivity index (χ4v) is 2.52. The molecule has 102 valence electrons. The van der Waals surface area contributed by atoms with Gasteiger partial charge in [-0.05, 0) is 17.7 Å². The van der Waals surface area contributed by atoms with Crippen LogP contribution in [0.1, 0.15) is 29.5 Å². The van der Waals surface area contributed by atoms with Gasteiger partial charge in [0.25, 0.3) is 0 Å². The van der Waals surface area contributed by atoms with Crippen molar-refractivity contribution in [3.8, 4) is 11.5 Å². The van der Waals surface area contributed by atoms with Crippen LogP contribution in [-0.2, 0) is 6.42 Å². The third-order valence-corrected chi connectivity index (χ3v) is 3.71. The third-order valence-electron chi connectivity index (χ3n) is 3.71. The summed E-state index contributed by atoms with van der Waals surface area (Å²) in [5, 5.41) is 10.2. The fraction of sp³-hybridized carbons (Fsp3) is 0.222. The van der Waals surface area contributed by atoms with Crippen molar-refractivity contribution in [3.05, 3.63) is 65.2 Å². The molecular formula is C18H18O2. The zero-order valence-corrected chi connectivity index (χ0v) is 11.5. The highest BCUT2D eigenvalue weighted by atomic mass is 16.5. The minimum atomic E-state index is 0.143. The number of hydrogen-bond donors (Lipinski definition) is 1. The Balaban J connectivity index is 1.84. The van der Waals surface area contributed by atoms with E-state index in [-0.39, 0.29) is 5.92 Å². The Morgan fingerprint density at radius 3 is 2.80 bits per heavy atom. The molecule has 1 N–H and O–H groups in total. The lowest BCUT2D eigenvalue weighted by molar-refractivity contribution is 0.356. The summed E-state index contributed by atoms with van der Waals surface area (Å²) in [5.74, 6) is 1.42. The van der Waals surface area contributed by atoms with Gasteiger partial charge < -0.3 is 9.84 Å². The van der Waals surface area contributed by atoms with E-state index in [2.05, 4.69) is 31.2 Å². The van der Waals surface area contributed by atoms with E-state index in [4.69, 9.17) is 4.74 Å². The molecule has 0 amide bonds. The second-order valence-corrected chi connectivity index (χ2v) is 5.18. The maximum absolute atomic E-state index is 10.2. The topological polar surface area (TPSA) is 29.5 Å². The number of ether oxygens (including phenoxy) is 1. The summed E-state index contributed by atoms with van der Waals surface area (Å²) >= 11 is 0. The molecule has 1 aliphatic rings. The van der Waals surface area contributed by atoms with Gasteiger partial charge in [-0.2, -0.15) is 0 Å². The van der Waals surface area contributed by atoms with Gasteiger partial charge in [0, 0.05) is 23.5 Å². The Morgan fingerprint density at radius 1 is 1.20 bits per heavy atom. The normalized spacial score (nSPS) is 15.1. The van der Waals surface area contributed by atoms with Gasteiger partial charge >= 0.3 is 0 Å². The van der Waals surface area contributed by atoms with Crippen LogP contribution in [0.5, 0.6) is 11.5 Å². The highest BCUT2D eigenvalue weighted by Crippen LogP contribution is 2.36. The Labute approximate surface area is 119 Å². The number of allylic oxidation sites excluding steroid dienone is 1. The Kier molecular flexibility index (Phi) is 3.46. The van der Waals surface area contributed by atoms with Crippen LogP contribution >= 0.6 is 0 Å². The van der Waals surface area contributed by atoms with E-state index < -0.39 is 0 Å². The summed E-state index contributed by atoms with van der Waals surface area (Å²) in [4.78, 5) is 0. The quantitative estimate of drug-likeness (QED) is 0.904. The van der Waals surface area contributed by atoms with Crippen LogP contribution in [0.4, 0.5) is 0 Å². The molecule has 0 aliphatic carbocycles. The monoisotopic (exact) mass is 266 g/mol. The van der Waals surface area contributed by atoms with Crippen LogP contribution in [0, 0.1) is 0 Å². The third kappa shape index (κ3) is 2.55. The van der Waals surface area contributed by atoms with Crippen molar-refractivity contribution in [1.82, 2.24) is 0 Å². The average molecular weight is 266 g/mol. The molecule has 1 unspecified atom stereocenters. The van der Waals surface area contributed by atoms with E-state index in [0.717, 1.165) is 28.9 Å². The van der Waals surface area contributed by atoms with Crippen LogP contribution in [0.2, 0.25) is 0 Å².